The first kappa shape index (κ1) is 14.0. The van der Waals surface area contributed by atoms with Crippen LogP contribution in [0.4, 0.5) is 0 Å². The minimum absolute atomic E-state index is 0.562. The number of methoxy groups -OCH3 is 1. The van der Waals surface area contributed by atoms with Gasteiger partial charge in [0.25, 0.3) is 0 Å². The van der Waals surface area contributed by atoms with Crippen LogP contribution >= 0.6 is 0 Å². The van der Waals surface area contributed by atoms with Crippen LogP contribution in [0.15, 0.2) is 24.3 Å². The van der Waals surface area contributed by atoms with Crippen molar-refractivity contribution < 1.29 is 14.2 Å². The molecule has 0 heterocycles. The molecule has 1 rings (SSSR count). The van der Waals surface area contributed by atoms with Gasteiger partial charge in [0, 0.05) is 13.7 Å². The summed E-state index contributed by atoms with van der Waals surface area (Å²) in [6.45, 7) is 3.23. The average Bonchev–Trinajstić information content (AvgIpc) is 2.35. The molecule has 0 aliphatic carbocycles. The first-order chi connectivity index (χ1) is 8.36. The fraction of sp³-hybridized carbons (Fsp3) is 0.538. The predicted molar refractivity (Wildman–Crippen MR) is 67.4 cm³/mol. The molecule has 1 aromatic carbocycles. The van der Waals surface area contributed by atoms with E-state index in [1.165, 1.54) is 5.56 Å². The van der Waals surface area contributed by atoms with E-state index < -0.39 is 0 Å². The van der Waals surface area contributed by atoms with E-state index in [0.29, 0.717) is 26.4 Å². The van der Waals surface area contributed by atoms with Crippen LogP contribution in [-0.2, 0) is 16.0 Å². The minimum atomic E-state index is 0.562. The fourth-order valence-electron chi connectivity index (χ4n) is 1.41. The summed E-state index contributed by atoms with van der Waals surface area (Å²) in [5.41, 5.74) is 1.21. The van der Waals surface area contributed by atoms with Gasteiger partial charge in [-0.2, -0.15) is 0 Å². The van der Waals surface area contributed by atoms with Crippen LogP contribution in [-0.4, -0.2) is 40.6 Å². The Kier molecular flexibility index (Phi) is 7.38. The Morgan fingerprint density at radius 3 is 2.71 bits per heavy atom. The molecule has 0 saturated carbocycles. The van der Waals surface area contributed by atoms with Gasteiger partial charge in [-0.05, 0) is 24.7 Å². The third-order valence-corrected chi connectivity index (χ3v) is 2.21. The van der Waals surface area contributed by atoms with Crippen molar-refractivity contribution in [2.24, 2.45) is 0 Å². The molecule has 4 nitrogen and oxygen atoms in total. The van der Waals surface area contributed by atoms with E-state index in [2.05, 4.69) is 11.4 Å². The van der Waals surface area contributed by atoms with Gasteiger partial charge in [0.2, 0.25) is 0 Å². The molecule has 1 N–H and O–H groups in total. The molecule has 0 atom stereocenters. The van der Waals surface area contributed by atoms with Crippen LogP contribution in [0.5, 0.6) is 5.75 Å². The van der Waals surface area contributed by atoms with Crippen LogP contribution < -0.4 is 10.1 Å². The summed E-state index contributed by atoms with van der Waals surface area (Å²) in [5, 5.41) is 3.11. The largest absolute Gasteiger partial charge is 0.491 e. The average molecular weight is 239 g/mol. The van der Waals surface area contributed by atoms with Crippen molar-refractivity contribution in [1.82, 2.24) is 5.32 Å². The molecular formula is C13H21NO3. The van der Waals surface area contributed by atoms with Crippen LogP contribution in [0.3, 0.4) is 0 Å². The zero-order valence-electron chi connectivity index (χ0n) is 10.6. The standard InChI is InChI=1S/C13H21NO3/c1-14-11-12-4-3-5-13(10-12)17-9-8-16-7-6-15-2/h3-5,10,14H,6-9,11H2,1-2H3. The lowest BCUT2D eigenvalue weighted by molar-refractivity contribution is 0.0544. The number of rotatable bonds is 9. The van der Waals surface area contributed by atoms with Crippen molar-refractivity contribution in [2.45, 2.75) is 6.54 Å². The zero-order chi connectivity index (χ0) is 12.3. The van der Waals surface area contributed by atoms with Crippen LogP contribution in [0.2, 0.25) is 0 Å². The molecule has 0 aliphatic heterocycles. The molecule has 0 radical (unpaired) electrons. The zero-order valence-corrected chi connectivity index (χ0v) is 10.6. The highest BCUT2D eigenvalue weighted by atomic mass is 16.5. The van der Waals surface area contributed by atoms with Crippen molar-refractivity contribution in [1.29, 1.82) is 0 Å². The Labute approximate surface area is 103 Å². The topological polar surface area (TPSA) is 39.7 Å². The first-order valence-corrected chi connectivity index (χ1v) is 5.80. The summed E-state index contributed by atoms with van der Waals surface area (Å²) in [5.74, 6) is 0.882. The van der Waals surface area contributed by atoms with Crippen LogP contribution in [0.25, 0.3) is 0 Å². The maximum absolute atomic E-state index is 5.58. The summed E-state index contributed by atoms with van der Waals surface area (Å²) >= 11 is 0. The van der Waals surface area contributed by atoms with Crippen molar-refractivity contribution in [3.63, 3.8) is 0 Å². The summed E-state index contributed by atoms with van der Waals surface area (Å²) in [4.78, 5) is 0. The number of hydrogen-bond acceptors (Lipinski definition) is 4. The van der Waals surface area contributed by atoms with Crippen molar-refractivity contribution in [3.8, 4) is 5.75 Å². The van der Waals surface area contributed by atoms with Crippen molar-refractivity contribution >= 4 is 0 Å². The third-order valence-electron chi connectivity index (χ3n) is 2.21. The van der Waals surface area contributed by atoms with Gasteiger partial charge < -0.3 is 19.5 Å². The molecule has 4 heteroatoms. The van der Waals surface area contributed by atoms with E-state index in [1.54, 1.807) is 7.11 Å². The molecule has 1 aromatic rings. The smallest absolute Gasteiger partial charge is 0.119 e. The molecule has 0 bridgehead atoms. The number of hydrogen-bond donors (Lipinski definition) is 1. The highest BCUT2D eigenvalue weighted by Crippen LogP contribution is 2.12. The van der Waals surface area contributed by atoms with E-state index in [-0.39, 0.29) is 0 Å². The summed E-state index contributed by atoms with van der Waals surface area (Å²) in [6.07, 6.45) is 0. The van der Waals surface area contributed by atoms with Crippen LogP contribution in [0, 0.1) is 0 Å². The Balaban J connectivity index is 2.19. The lowest BCUT2D eigenvalue weighted by Crippen LogP contribution is -2.10. The van der Waals surface area contributed by atoms with Gasteiger partial charge in [-0.15, -0.1) is 0 Å². The van der Waals surface area contributed by atoms with Gasteiger partial charge in [-0.3, -0.25) is 0 Å². The Hall–Kier alpha value is -1.10. The minimum Gasteiger partial charge on any atom is -0.491 e. The second kappa shape index (κ2) is 8.98. The molecule has 0 aromatic heterocycles. The highest BCUT2D eigenvalue weighted by molar-refractivity contribution is 5.28. The van der Waals surface area contributed by atoms with E-state index in [4.69, 9.17) is 14.2 Å². The van der Waals surface area contributed by atoms with Crippen LogP contribution in [0.1, 0.15) is 5.56 Å². The molecule has 96 valence electrons. The number of ether oxygens (including phenoxy) is 3. The highest BCUT2D eigenvalue weighted by Gasteiger charge is 1.96. The van der Waals surface area contributed by atoms with Gasteiger partial charge in [0.15, 0.2) is 0 Å². The number of nitrogens with one attached hydrogen (secondary N) is 1. The Morgan fingerprint density at radius 1 is 1.12 bits per heavy atom. The van der Waals surface area contributed by atoms with Gasteiger partial charge in [-0.25, -0.2) is 0 Å². The van der Waals surface area contributed by atoms with Gasteiger partial charge >= 0.3 is 0 Å². The van der Waals surface area contributed by atoms with E-state index in [1.807, 2.05) is 25.2 Å². The van der Waals surface area contributed by atoms with Gasteiger partial charge in [-0.1, -0.05) is 12.1 Å². The molecule has 0 aliphatic rings. The molecule has 0 spiro atoms. The van der Waals surface area contributed by atoms with Crippen molar-refractivity contribution in [2.75, 3.05) is 40.6 Å². The van der Waals surface area contributed by atoms with Crippen molar-refractivity contribution in [3.05, 3.63) is 29.8 Å². The van der Waals surface area contributed by atoms with E-state index in [0.717, 1.165) is 12.3 Å². The lowest BCUT2D eigenvalue weighted by Gasteiger charge is -2.08. The second-order valence-electron chi connectivity index (χ2n) is 3.63. The lowest BCUT2D eigenvalue weighted by atomic mass is 10.2. The summed E-state index contributed by atoms with van der Waals surface area (Å²) in [6, 6.07) is 8.05. The molecule has 0 amide bonds. The normalized spacial score (nSPS) is 10.5. The molecule has 0 saturated heterocycles. The second-order valence-corrected chi connectivity index (χ2v) is 3.63. The SMILES string of the molecule is CNCc1cccc(OCCOCCOC)c1. The Bertz CT molecular complexity index is 304. The quantitative estimate of drug-likeness (QED) is 0.662. The molecule has 0 unspecified atom stereocenters. The fourth-order valence-corrected chi connectivity index (χ4v) is 1.41. The van der Waals surface area contributed by atoms with E-state index >= 15 is 0 Å². The summed E-state index contributed by atoms with van der Waals surface area (Å²) < 4.78 is 15.8. The maximum atomic E-state index is 5.58. The third kappa shape index (κ3) is 6.26. The monoisotopic (exact) mass is 239 g/mol. The first-order valence-electron chi connectivity index (χ1n) is 5.80. The summed E-state index contributed by atoms with van der Waals surface area (Å²) in [7, 11) is 3.59. The molecule has 0 fully saturated rings. The van der Waals surface area contributed by atoms with Gasteiger partial charge in [0.1, 0.15) is 12.4 Å². The molecular weight excluding hydrogens is 218 g/mol. The van der Waals surface area contributed by atoms with E-state index in [9.17, 15) is 0 Å². The number of benzene rings is 1. The molecule has 17 heavy (non-hydrogen) atoms. The maximum Gasteiger partial charge on any atom is 0.119 e. The van der Waals surface area contributed by atoms with Gasteiger partial charge in [0.05, 0.1) is 19.8 Å². The Morgan fingerprint density at radius 2 is 1.94 bits per heavy atom. The predicted octanol–water partition coefficient (Wildman–Crippen LogP) is 1.45.